The van der Waals surface area contributed by atoms with Crippen molar-refractivity contribution in [1.29, 1.82) is 0 Å². The molecule has 0 bridgehead atoms. The fourth-order valence-corrected chi connectivity index (χ4v) is 4.60. The van der Waals surface area contributed by atoms with Gasteiger partial charge in [-0.05, 0) is 35.6 Å². The molecule has 1 saturated heterocycles. The summed E-state index contributed by atoms with van der Waals surface area (Å²) in [5.74, 6) is -0.241. The maximum absolute atomic E-state index is 14.5. The van der Waals surface area contributed by atoms with Crippen molar-refractivity contribution in [2.45, 2.75) is 57.8 Å². The maximum atomic E-state index is 14.5. The molecule has 2 heterocycles. The van der Waals surface area contributed by atoms with Crippen molar-refractivity contribution in [3.05, 3.63) is 88.7 Å². The first-order valence-electron chi connectivity index (χ1n) is 12.1. The molecule has 1 aromatic heterocycles. The molecule has 7 heteroatoms. The number of rotatable bonds is 7. The second kappa shape index (κ2) is 10.4. The zero-order valence-corrected chi connectivity index (χ0v) is 20.7. The molecule has 1 N–H and O–H groups in total. The number of carbonyl (C=O) groups is 2. The maximum Gasteiger partial charge on any atom is 0.243 e. The van der Waals surface area contributed by atoms with E-state index in [9.17, 15) is 14.0 Å². The van der Waals surface area contributed by atoms with Gasteiger partial charge in [-0.15, -0.1) is 0 Å². The Labute approximate surface area is 206 Å². The first-order valence-corrected chi connectivity index (χ1v) is 12.1. The fourth-order valence-electron chi connectivity index (χ4n) is 4.60. The number of likely N-dealkylation sites (tertiary alicyclic amines) is 1. The second-order valence-electron chi connectivity index (χ2n) is 9.65. The summed E-state index contributed by atoms with van der Waals surface area (Å²) in [6.45, 7) is 6.09. The summed E-state index contributed by atoms with van der Waals surface area (Å²) in [5.41, 5.74) is 4.62. The quantitative estimate of drug-likeness (QED) is 0.555. The van der Waals surface area contributed by atoms with E-state index in [0.717, 1.165) is 16.8 Å². The van der Waals surface area contributed by atoms with Gasteiger partial charge in [0.2, 0.25) is 11.8 Å². The van der Waals surface area contributed by atoms with Gasteiger partial charge in [-0.25, -0.2) is 4.39 Å². The normalized spacial score (nSPS) is 18.6. The number of nitrogens with one attached hydrogen (secondary N) is 1. The number of hydrogen-bond donors (Lipinski definition) is 1. The molecule has 0 saturated carbocycles. The van der Waals surface area contributed by atoms with Crippen molar-refractivity contribution in [2.75, 3.05) is 6.54 Å². The number of halogens is 1. The molecule has 3 atom stereocenters. The van der Waals surface area contributed by atoms with Gasteiger partial charge < -0.3 is 10.2 Å². The van der Waals surface area contributed by atoms with Crippen LogP contribution in [0.15, 0.2) is 60.7 Å². The Morgan fingerprint density at radius 1 is 1.06 bits per heavy atom. The van der Waals surface area contributed by atoms with E-state index in [1.807, 2.05) is 62.5 Å². The highest BCUT2D eigenvalue weighted by Crippen LogP contribution is 2.27. The van der Waals surface area contributed by atoms with Crippen LogP contribution < -0.4 is 5.32 Å². The van der Waals surface area contributed by atoms with Gasteiger partial charge >= 0.3 is 0 Å². The average molecular weight is 477 g/mol. The number of nitrogens with zero attached hydrogens (tertiary/aromatic N) is 3. The fraction of sp³-hybridized carbons (Fsp3) is 0.393. The van der Waals surface area contributed by atoms with Crippen LogP contribution in [0, 0.1) is 6.92 Å². The molecule has 6 nitrogen and oxygen atoms in total. The molecule has 0 aliphatic carbocycles. The number of aromatic nitrogens is 2. The van der Waals surface area contributed by atoms with Crippen molar-refractivity contribution in [3.8, 4) is 0 Å². The Bertz CT molecular complexity index is 1150. The predicted molar refractivity (Wildman–Crippen MR) is 134 cm³/mol. The topological polar surface area (TPSA) is 67.2 Å². The Balaban J connectivity index is 1.55. The molecule has 0 radical (unpaired) electrons. The van der Waals surface area contributed by atoms with E-state index >= 15 is 0 Å². The third-order valence-corrected chi connectivity index (χ3v) is 6.73. The Hall–Kier alpha value is -3.48. The van der Waals surface area contributed by atoms with Gasteiger partial charge in [-0.2, -0.15) is 5.10 Å². The first-order chi connectivity index (χ1) is 16.7. The number of aryl methyl sites for hydroxylation is 2. The minimum absolute atomic E-state index is 0.00733. The largest absolute Gasteiger partial charge is 0.343 e. The minimum Gasteiger partial charge on any atom is -0.343 e. The van der Waals surface area contributed by atoms with Crippen LogP contribution in [-0.4, -0.2) is 45.3 Å². The smallest absolute Gasteiger partial charge is 0.243 e. The van der Waals surface area contributed by atoms with E-state index in [0.29, 0.717) is 11.6 Å². The van der Waals surface area contributed by atoms with Gasteiger partial charge in [0.25, 0.3) is 0 Å². The number of alkyl halides is 1. The van der Waals surface area contributed by atoms with Crippen LogP contribution in [0.25, 0.3) is 0 Å². The predicted octanol–water partition coefficient (Wildman–Crippen LogP) is 4.24. The van der Waals surface area contributed by atoms with E-state index in [1.165, 1.54) is 10.5 Å². The van der Waals surface area contributed by atoms with Crippen LogP contribution in [0.5, 0.6) is 0 Å². The molecule has 1 aliphatic heterocycles. The lowest BCUT2D eigenvalue weighted by Crippen LogP contribution is -2.47. The van der Waals surface area contributed by atoms with Crippen LogP contribution in [0.3, 0.4) is 0 Å². The lowest BCUT2D eigenvalue weighted by atomic mass is 9.95. The summed E-state index contributed by atoms with van der Waals surface area (Å²) in [5, 5.41) is 7.44. The molecule has 1 fully saturated rings. The molecular weight excluding hydrogens is 443 g/mol. The molecule has 1 aliphatic rings. The van der Waals surface area contributed by atoms with E-state index in [1.54, 1.807) is 4.68 Å². The lowest BCUT2D eigenvalue weighted by Gasteiger charge is -2.27. The van der Waals surface area contributed by atoms with Gasteiger partial charge in [0.05, 0.1) is 24.7 Å². The zero-order valence-electron chi connectivity index (χ0n) is 20.7. The first kappa shape index (κ1) is 24.6. The van der Waals surface area contributed by atoms with Crippen LogP contribution in [0.2, 0.25) is 0 Å². The van der Waals surface area contributed by atoms with Gasteiger partial charge in [-0.1, -0.05) is 68.4 Å². The van der Waals surface area contributed by atoms with Crippen molar-refractivity contribution in [3.63, 3.8) is 0 Å². The molecule has 35 heavy (non-hydrogen) atoms. The molecule has 0 unspecified atom stereocenters. The Morgan fingerprint density at radius 2 is 1.69 bits per heavy atom. The SMILES string of the molecule is Cc1cc(CC(=O)N2C[C@H](F)C[C@H]2C(=O)N[C@@H](c2ccccc2)c2ccc(C(C)C)cc2)nn1C. The summed E-state index contributed by atoms with van der Waals surface area (Å²) in [6, 6.07) is 18.4. The number of benzene rings is 2. The van der Waals surface area contributed by atoms with E-state index in [2.05, 4.69) is 36.4 Å². The third kappa shape index (κ3) is 5.61. The summed E-state index contributed by atoms with van der Waals surface area (Å²) in [7, 11) is 1.81. The average Bonchev–Trinajstić information content (AvgIpc) is 3.39. The van der Waals surface area contributed by atoms with Crippen molar-refractivity contribution in [2.24, 2.45) is 7.05 Å². The summed E-state index contributed by atoms with van der Waals surface area (Å²) in [6.07, 6.45) is -1.20. The van der Waals surface area contributed by atoms with E-state index in [-0.39, 0.29) is 31.2 Å². The second-order valence-corrected chi connectivity index (χ2v) is 9.65. The number of amides is 2. The van der Waals surface area contributed by atoms with Crippen LogP contribution >= 0.6 is 0 Å². The highest BCUT2D eigenvalue weighted by atomic mass is 19.1. The standard InChI is InChI=1S/C28H33FN4O2/c1-18(2)20-10-12-22(13-11-20)27(21-8-6-5-7-9-21)30-28(35)25-15-23(29)17-33(25)26(34)16-24-14-19(3)32(4)31-24/h5-14,18,23,25,27H,15-17H2,1-4H3,(H,30,35)/t23-,25+,27+/m1/s1. The highest BCUT2D eigenvalue weighted by molar-refractivity contribution is 5.89. The van der Waals surface area contributed by atoms with Crippen LogP contribution in [-0.2, 0) is 23.1 Å². The van der Waals surface area contributed by atoms with Crippen LogP contribution in [0.4, 0.5) is 4.39 Å². The van der Waals surface area contributed by atoms with Crippen molar-refractivity contribution in [1.82, 2.24) is 20.0 Å². The molecule has 0 spiro atoms. The van der Waals surface area contributed by atoms with E-state index in [4.69, 9.17) is 0 Å². The summed E-state index contributed by atoms with van der Waals surface area (Å²) in [4.78, 5) is 27.9. The van der Waals surface area contributed by atoms with E-state index < -0.39 is 18.3 Å². The monoisotopic (exact) mass is 476 g/mol. The van der Waals surface area contributed by atoms with Crippen molar-refractivity contribution < 1.29 is 14.0 Å². The van der Waals surface area contributed by atoms with Crippen molar-refractivity contribution >= 4 is 11.8 Å². The van der Waals surface area contributed by atoms with Gasteiger partial charge in [0.1, 0.15) is 12.2 Å². The summed E-state index contributed by atoms with van der Waals surface area (Å²) < 4.78 is 16.2. The highest BCUT2D eigenvalue weighted by Gasteiger charge is 2.40. The Kier molecular flexibility index (Phi) is 7.34. The minimum atomic E-state index is -1.24. The third-order valence-electron chi connectivity index (χ3n) is 6.73. The molecule has 2 amide bonds. The van der Waals surface area contributed by atoms with Gasteiger partial charge in [-0.3, -0.25) is 14.3 Å². The molecule has 4 rings (SSSR count). The van der Waals surface area contributed by atoms with Gasteiger partial charge in [0, 0.05) is 19.2 Å². The molecule has 184 valence electrons. The molecule has 3 aromatic rings. The molecular formula is C28H33FN4O2. The zero-order chi connectivity index (χ0) is 25.1. The lowest BCUT2D eigenvalue weighted by molar-refractivity contribution is -0.138. The van der Waals surface area contributed by atoms with Crippen LogP contribution in [0.1, 0.15) is 60.3 Å². The number of hydrogen-bond acceptors (Lipinski definition) is 3. The molecule has 2 aromatic carbocycles. The summed E-state index contributed by atoms with van der Waals surface area (Å²) >= 11 is 0. The van der Waals surface area contributed by atoms with Gasteiger partial charge in [0.15, 0.2) is 0 Å². The number of carbonyl (C=O) groups excluding carboxylic acids is 2. The Morgan fingerprint density at radius 3 is 2.29 bits per heavy atom.